The minimum absolute atomic E-state index is 0.109. The highest BCUT2D eigenvalue weighted by molar-refractivity contribution is 5.96. The topological polar surface area (TPSA) is 93.4 Å². The highest BCUT2D eigenvalue weighted by Crippen LogP contribution is 2.28. The van der Waals surface area contributed by atoms with Gasteiger partial charge in [-0.2, -0.15) is 0 Å². The third kappa shape index (κ3) is 3.63. The Morgan fingerprint density at radius 2 is 2.10 bits per heavy atom. The van der Waals surface area contributed by atoms with E-state index in [4.69, 9.17) is 10.5 Å². The maximum atomic E-state index is 11.6. The van der Waals surface area contributed by atoms with Gasteiger partial charge in [-0.15, -0.1) is 0 Å². The summed E-state index contributed by atoms with van der Waals surface area (Å²) >= 11 is 0. The molecule has 0 bridgehead atoms. The molecule has 4 N–H and O–H groups in total. The van der Waals surface area contributed by atoms with E-state index in [-0.39, 0.29) is 11.8 Å². The third-order valence-corrected chi connectivity index (χ3v) is 3.14. The predicted octanol–water partition coefficient (Wildman–Crippen LogP) is 0.993. The summed E-state index contributed by atoms with van der Waals surface area (Å²) in [7, 11) is 1.32. The lowest BCUT2D eigenvalue weighted by Gasteiger charge is -2.12. The number of nitrogens with two attached hydrogens (primary N) is 1. The number of rotatable bonds is 6. The van der Waals surface area contributed by atoms with E-state index in [0.717, 1.165) is 12.8 Å². The number of ether oxygens (including phenoxy) is 1. The van der Waals surface area contributed by atoms with Crippen molar-refractivity contribution in [3.8, 4) is 0 Å². The van der Waals surface area contributed by atoms with Crippen LogP contribution in [0.15, 0.2) is 18.2 Å². The first-order valence-corrected chi connectivity index (χ1v) is 6.61. The molecule has 108 valence electrons. The van der Waals surface area contributed by atoms with Crippen LogP contribution in [0.3, 0.4) is 0 Å². The van der Waals surface area contributed by atoms with Gasteiger partial charge in [-0.1, -0.05) is 0 Å². The van der Waals surface area contributed by atoms with E-state index in [1.54, 1.807) is 18.2 Å². The first kappa shape index (κ1) is 14.2. The Balaban J connectivity index is 1.88. The fourth-order valence-electron chi connectivity index (χ4n) is 1.87. The van der Waals surface area contributed by atoms with Crippen LogP contribution in [0.2, 0.25) is 0 Å². The summed E-state index contributed by atoms with van der Waals surface area (Å²) in [6.07, 6.45) is 1.98. The predicted molar refractivity (Wildman–Crippen MR) is 76.4 cm³/mol. The van der Waals surface area contributed by atoms with Gasteiger partial charge in [0, 0.05) is 30.4 Å². The number of esters is 1. The molecule has 6 heteroatoms. The van der Waals surface area contributed by atoms with Gasteiger partial charge in [0.2, 0.25) is 5.91 Å². The monoisotopic (exact) mass is 277 g/mol. The summed E-state index contributed by atoms with van der Waals surface area (Å²) in [6.45, 7) is 1.05. The quantitative estimate of drug-likeness (QED) is 0.409. The maximum Gasteiger partial charge on any atom is 0.340 e. The van der Waals surface area contributed by atoms with E-state index in [1.807, 2.05) is 0 Å². The van der Waals surface area contributed by atoms with E-state index in [2.05, 4.69) is 10.6 Å². The molecule has 1 aromatic carbocycles. The lowest BCUT2D eigenvalue weighted by atomic mass is 10.1. The molecule has 0 radical (unpaired) electrons. The van der Waals surface area contributed by atoms with Crippen molar-refractivity contribution < 1.29 is 14.3 Å². The van der Waals surface area contributed by atoms with Gasteiger partial charge >= 0.3 is 5.97 Å². The SMILES string of the molecule is COC(=O)c1cc(N)ccc1NCCNC(=O)C1CC1. The van der Waals surface area contributed by atoms with Gasteiger partial charge in [0.25, 0.3) is 0 Å². The van der Waals surface area contributed by atoms with Gasteiger partial charge in [0.15, 0.2) is 0 Å². The molecule has 0 aliphatic heterocycles. The third-order valence-electron chi connectivity index (χ3n) is 3.14. The summed E-state index contributed by atoms with van der Waals surface area (Å²) in [5.41, 5.74) is 7.20. The molecule has 6 nitrogen and oxygen atoms in total. The Morgan fingerprint density at radius 1 is 1.35 bits per heavy atom. The normalized spacial score (nSPS) is 13.7. The number of nitrogen functional groups attached to an aromatic ring is 1. The van der Waals surface area contributed by atoms with Crippen LogP contribution in [0.5, 0.6) is 0 Å². The molecule has 0 spiro atoms. The zero-order valence-electron chi connectivity index (χ0n) is 11.4. The van der Waals surface area contributed by atoms with Gasteiger partial charge < -0.3 is 21.1 Å². The molecule has 0 saturated heterocycles. The van der Waals surface area contributed by atoms with Crippen LogP contribution < -0.4 is 16.4 Å². The van der Waals surface area contributed by atoms with Crippen molar-refractivity contribution in [1.82, 2.24) is 5.32 Å². The molecular weight excluding hydrogens is 258 g/mol. The van der Waals surface area contributed by atoms with Gasteiger partial charge in [0.05, 0.1) is 12.7 Å². The number of nitrogens with one attached hydrogen (secondary N) is 2. The lowest BCUT2D eigenvalue weighted by molar-refractivity contribution is -0.122. The van der Waals surface area contributed by atoms with Crippen LogP contribution in [0.25, 0.3) is 0 Å². The van der Waals surface area contributed by atoms with Gasteiger partial charge in [-0.3, -0.25) is 4.79 Å². The summed E-state index contributed by atoms with van der Waals surface area (Å²) in [4.78, 5) is 23.1. The van der Waals surface area contributed by atoms with E-state index >= 15 is 0 Å². The molecule has 1 aromatic rings. The lowest BCUT2D eigenvalue weighted by Crippen LogP contribution is -2.30. The van der Waals surface area contributed by atoms with Crippen molar-refractivity contribution in [3.63, 3.8) is 0 Å². The average Bonchev–Trinajstić information content (AvgIpc) is 3.28. The smallest absolute Gasteiger partial charge is 0.340 e. The van der Waals surface area contributed by atoms with Crippen molar-refractivity contribution in [2.45, 2.75) is 12.8 Å². The second-order valence-corrected chi connectivity index (χ2v) is 4.79. The first-order valence-electron chi connectivity index (χ1n) is 6.61. The molecular formula is C14H19N3O3. The van der Waals surface area contributed by atoms with Gasteiger partial charge in [-0.25, -0.2) is 4.79 Å². The first-order chi connectivity index (χ1) is 9.61. The second kappa shape index (κ2) is 6.27. The summed E-state index contributed by atoms with van der Waals surface area (Å²) < 4.78 is 4.71. The number of amides is 1. The number of carbonyl (C=O) groups excluding carboxylic acids is 2. The average molecular weight is 277 g/mol. The Morgan fingerprint density at radius 3 is 2.75 bits per heavy atom. The van der Waals surface area contributed by atoms with Crippen molar-refractivity contribution in [1.29, 1.82) is 0 Å². The molecule has 0 atom stereocenters. The number of methoxy groups -OCH3 is 1. The molecule has 0 aromatic heterocycles. The van der Waals surface area contributed by atoms with Crippen LogP contribution in [0, 0.1) is 5.92 Å². The molecule has 20 heavy (non-hydrogen) atoms. The largest absolute Gasteiger partial charge is 0.465 e. The summed E-state index contributed by atoms with van der Waals surface area (Å²) in [6, 6.07) is 5.00. The molecule has 1 amide bonds. The molecule has 1 aliphatic rings. The summed E-state index contributed by atoms with van der Waals surface area (Å²) in [5, 5.41) is 5.95. The maximum absolute atomic E-state index is 11.6. The number of hydrogen-bond donors (Lipinski definition) is 3. The zero-order chi connectivity index (χ0) is 14.5. The fraction of sp³-hybridized carbons (Fsp3) is 0.429. The molecule has 2 rings (SSSR count). The van der Waals surface area contributed by atoms with Crippen molar-refractivity contribution >= 4 is 23.3 Å². The Kier molecular flexibility index (Phi) is 4.45. The van der Waals surface area contributed by atoms with Crippen LogP contribution in [0.1, 0.15) is 23.2 Å². The molecule has 0 unspecified atom stereocenters. The second-order valence-electron chi connectivity index (χ2n) is 4.79. The van der Waals surface area contributed by atoms with Crippen molar-refractivity contribution in [3.05, 3.63) is 23.8 Å². The number of benzene rings is 1. The highest BCUT2D eigenvalue weighted by atomic mass is 16.5. The van der Waals surface area contributed by atoms with Crippen molar-refractivity contribution in [2.75, 3.05) is 31.2 Å². The van der Waals surface area contributed by atoms with Crippen LogP contribution in [-0.2, 0) is 9.53 Å². The number of anilines is 2. The standard InChI is InChI=1S/C14H19N3O3/c1-20-14(19)11-8-10(15)4-5-12(11)16-6-7-17-13(18)9-2-3-9/h4-5,8-9,16H,2-3,6-7,15H2,1H3,(H,17,18). The molecule has 1 saturated carbocycles. The van der Waals surface area contributed by atoms with E-state index in [0.29, 0.717) is 30.0 Å². The Labute approximate surface area is 117 Å². The van der Waals surface area contributed by atoms with Gasteiger partial charge in [0.1, 0.15) is 0 Å². The molecule has 0 heterocycles. The minimum Gasteiger partial charge on any atom is -0.465 e. The van der Waals surface area contributed by atoms with E-state index in [1.165, 1.54) is 7.11 Å². The fourth-order valence-corrected chi connectivity index (χ4v) is 1.87. The zero-order valence-corrected chi connectivity index (χ0v) is 11.4. The van der Waals surface area contributed by atoms with Gasteiger partial charge in [-0.05, 0) is 31.0 Å². The Hall–Kier alpha value is -2.24. The summed E-state index contributed by atoms with van der Waals surface area (Å²) in [5.74, 6) is -0.128. The van der Waals surface area contributed by atoms with Crippen molar-refractivity contribution in [2.24, 2.45) is 5.92 Å². The molecule has 1 fully saturated rings. The number of hydrogen-bond acceptors (Lipinski definition) is 5. The van der Waals surface area contributed by atoms with E-state index in [9.17, 15) is 9.59 Å². The van der Waals surface area contributed by atoms with Crippen LogP contribution >= 0.6 is 0 Å². The number of carbonyl (C=O) groups is 2. The van der Waals surface area contributed by atoms with Crippen LogP contribution in [0.4, 0.5) is 11.4 Å². The minimum atomic E-state index is -0.443. The Bertz CT molecular complexity index is 512. The molecule has 1 aliphatic carbocycles. The highest BCUT2D eigenvalue weighted by Gasteiger charge is 2.28. The van der Waals surface area contributed by atoms with E-state index < -0.39 is 5.97 Å². The van der Waals surface area contributed by atoms with Crippen LogP contribution in [-0.4, -0.2) is 32.1 Å².